The zero-order chi connectivity index (χ0) is 18.0. The summed E-state index contributed by atoms with van der Waals surface area (Å²) in [6, 6.07) is 13.6. The molecule has 0 unspecified atom stereocenters. The molecule has 0 aliphatic carbocycles. The lowest BCUT2D eigenvalue weighted by molar-refractivity contribution is 0.101. The molecule has 0 saturated heterocycles. The Labute approximate surface area is 155 Å². The fourth-order valence-corrected chi connectivity index (χ4v) is 3.51. The molecule has 25 heavy (non-hydrogen) atoms. The summed E-state index contributed by atoms with van der Waals surface area (Å²) >= 11 is 3.47. The quantitative estimate of drug-likeness (QED) is 0.624. The number of aromatic nitrogens is 1. The van der Waals surface area contributed by atoms with Crippen molar-refractivity contribution in [1.82, 2.24) is 4.57 Å². The molecule has 3 aromatic rings. The predicted octanol–water partition coefficient (Wildman–Crippen LogP) is 5.38. The number of carbonyl (C=O) groups is 1. The number of nitrogens with one attached hydrogen (secondary N) is 1. The van der Waals surface area contributed by atoms with Gasteiger partial charge in [0.2, 0.25) is 0 Å². The second-order valence-electron chi connectivity index (χ2n) is 5.76. The molecular formula is C20H21BrN2O2. The Balaban J connectivity index is 2.07. The van der Waals surface area contributed by atoms with Gasteiger partial charge in [-0.3, -0.25) is 4.79 Å². The standard InChI is InChI=1S/C20H21BrN2O2/c1-4-23-18-11-10-14(25-5-2)12-15(18)13(3)19(23)20(24)22-17-9-7-6-8-16(17)21/h6-12H,4-5H2,1-3H3,(H,22,24). The minimum Gasteiger partial charge on any atom is -0.494 e. The molecule has 0 saturated carbocycles. The third-order valence-electron chi connectivity index (χ3n) is 4.25. The van der Waals surface area contributed by atoms with E-state index in [1.54, 1.807) is 0 Å². The number of amides is 1. The smallest absolute Gasteiger partial charge is 0.272 e. The normalized spacial score (nSPS) is 10.9. The molecule has 0 radical (unpaired) electrons. The van der Waals surface area contributed by atoms with Crippen LogP contribution in [0.25, 0.3) is 10.9 Å². The van der Waals surface area contributed by atoms with Crippen molar-refractivity contribution < 1.29 is 9.53 Å². The van der Waals surface area contributed by atoms with Crippen molar-refractivity contribution >= 4 is 38.4 Å². The van der Waals surface area contributed by atoms with E-state index >= 15 is 0 Å². The average Bonchev–Trinajstić information content (AvgIpc) is 2.89. The fourth-order valence-electron chi connectivity index (χ4n) is 3.12. The molecule has 0 atom stereocenters. The monoisotopic (exact) mass is 400 g/mol. The highest BCUT2D eigenvalue weighted by atomic mass is 79.9. The number of nitrogens with zero attached hydrogens (tertiary/aromatic N) is 1. The Bertz CT molecular complexity index is 931. The van der Waals surface area contributed by atoms with Crippen molar-refractivity contribution in [2.24, 2.45) is 0 Å². The van der Waals surface area contributed by atoms with E-state index in [4.69, 9.17) is 4.74 Å². The van der Waals surface area contributed by atoms with E-state index in [-0.39, 0.29) is 5.91 Å². The van der Waals surface area contributed by atoms with Crippen LogP contribution in [0.4, 0.5) is 5.69 Å². The molecule has 1 aromatic heterocycles. The Morgan fingerprint density at radius 1 is 1.20 bits per heavy atom. The summed E-state index contributed by atoms with van der Waals surface area (Å²) in [6.07, 6.45) is 0. The third kappa shape index (κ3) is 3.29. The highest BCUT2D eigenvalue weighted by Crippen LogP contribution is 2.30. The van der Waals surface area contributed by atoms with Crippen LogP contribution in [0.15, 0.2) is 46.9 Å². The average molecular weight is 401 g/mol. The van der Waals surface area contributed by atoms with Crippen LogP contribution in [0, 0.1) is 6.92 Å². The Morgan fingerprint density at radius 2 is 1.96 bits per heavy atom. The molecule has 1 N–H and O–H groups in total. The van der Waals surface area contributed by atoms with E-state index in [1.165, 1.54) is 0 Å². The SMILES string of the molecule is CCOc1ccc2c(c1)c(C)c(C(=O)Nc1ccccc1Br)n2CC. The van der Waals surface area contributed by atoms with Gasteiger partial charge in [-0.25, -0.2) is 0 Å². The number of benzene rings is 2. The largest absolute Gasteiger partial charge is 0.494 e. The summed E-state index contributed by atoms with van der Waals surface area (Å²) in [5.41, 5.74) is 3.44. The summed E-state index contributed by atoms with van der Waals surface area (Å²) in [6.45, 7) is 7.33. The number of hydrogen-bond donors (Lipinski definition) is 1. The van der Waals surface area contributed by atoms with E-state index in [0.29, 0.717) is 12.3 Å². The highest BCUT2D eigenvalue weighted by molar-refractivity contribution is 9.10. The van der Waals surface area contributed by atoms with Crippen molar-refractivity contribution in [3.63, 3.8) is 0 Å². The van der Waals surface area contributed by atoms with E-state index in [9.17, 15) is 4.79 Å². The molecule has 0 fully saturated rings. The van der Waals surface area contributed by atoms with Gasteiger partial charge in [-0.2, -0.15) is 0 Å². The molecule has 0 spiro atoms. The molecule has 0 bridgehead atoms. The van der Waals surface area contributed by atoms with Gasteiger partial charge in [-0.1, -0.05) is 12.1 Å². The van der Waals surface area contributed by atoms with Crippen molar-refractivity contribution in [1.29, 1.82) is 0 Å². The summed E-state index contributed by atoms with van der Waals surface area (Å²) in [5, 5.41) is 4.05. The number of para-hydroxylation sites is 1. The van der Waals surface area contributed by atoms with Crippen LogP contribution in [0.5, 0.6) is 5.75 Å². The molecule has 3 rings (SSSR count). The number of halogens is 1. The maximum Gasteiger partial charge on any atom is 0.272 e. The van der Waals surface area contributed by atoms with Crippen molar-refractivity contribution in [2.45, 2.75) is 27.3 Å². The number of aryl methyl sites for hydroxylation is 2. The van der Waals surface area contributed by atoms with Crippen LogP contribution in [-0.2, 0) is 6.54 Å². The second kappa shape index (κ2) is 7.31. The molecule has 1 heterocycles. The predicted molar refractivity (Wildman–Crippen MR) is 106 cm³/mol. The van der Waals surface area contributed by atoms with E-state index in [2.05, 4.69) is 21.2 Å². The van der Waals surface area contributed by atoms with Gasteiger partial charge in [0.15, 0.2) is 0 Å². The van der Waals surface area contributed by atoms with Crippen LogP contribution >= 0.6 is 15.9 Å². The topological polar surface area (TPSA) is 43.3 Å². The van der Waals surface area contributed by atoms with Gasteiger partial charge >= 0.3 is 0 Å². The molecule has 0 aliphatic rings. The first-order valence-corrected chi connectivity index (χ1v) is 9.17. The number of rotatable bonds is 5. The van der Waals surface area contributed by atoms with Gasteiger partial charge in [0.25, 0.3) is 5.91 Å². The highest BCUT2D eigenvalue weighted by Gasteiger charge is 2.20. The summed E-state index contributed by atoms with van der Waals surface area (Å²) in [4.78, 5) is 13.0. The second-order valence-corrected chi connectivity index (χ2v) is 6.62. The molecule has 130 valence electrons. The van der Waals surface area contributed by atoms with Gasteiger partial charge in [0.1, 0.15) is 11.4 Å². The number of anilines is 1. The van der Waals surface area contributed by atoms with Crippen LogP contribution < -0.4 is 10.1 Å². The molecule has 0 aliphatic heterocycles. The van der Waals surface area contributed by atoms with E-state index in [1.807, 2.05) is 67.8 Å². The summed E-state index contributed by atoms with van der Waals surface area (Å²) in [5.74, 6) is 0.713. The zero-order valence-corrected chi connectivity index (χ0v) is 16.2. The Hall–Kier alpha value is -2.27. The minimum atomic E-state index is -0.111. The molecule has 1 amide bonds. The van der Waals surface area contributed by atoms with E-state index in [0.717, 1.165) is 38.9 Å². The van der Waals surface area contributed by atoms with Crippen LogP contribution in [-0.4, -0.2) is 17.1 Å². The van der Waals surface area contributed by atoms with Gasteiger partial charge < -0.3 is 14.6 Å². The fraction of sp³-hybridized carbons (Fsp3) is 0.250. The lowest BCUT2D eigenvalue weighted by Crippen LogP contribution is -2.18. The van der Waals surface area contributed by atoms with Gasteiger partial charge in [0, 0.05) is 21.9 Å². The van der Waals surface area contributed by atoms with Crippen LogP contribution in [0.1, 0.15) is 29.9 Å². The number of ether oxygens (including phenoxy) is 1. The van der Waals surface area contributed by atoms with Crippen molar-refractivity contribution in [3.05, 3.63) is 58.2 Å². The number of carbonyl (C=O) groups excluding carboxylic acids is 1. The third-order valence-corrected chi connectivity index (χ3v) is 4.94. The zero-order valence-electron chi connectivity index (χ0n) is 14.6. The first kappa shape index (κ1) is 17.5. The Morgan fingerprint density at radius 3 is 2.64 bits per heavy atom. The van der Waals surface area contributed by atoms with Crippen LogP contribution in [0.2, 0.25) is 0 Å². The van der Waals surface area contributed by atoms with Gasteiger partial charge in [-0.15, -0.1) is 0 Å². The minimum absolute atomic E-state index is 0.111. The number of fused-ring (bicyclic) bond motifs is 1. The summed E-state index contributed by atoms with van der Waals surface area (Å²) < 4.78 is 8.52. The van der Waals surface area contributed by atoms with Gasteiger partial charge in [-0.05, 0) is 72.6 Å². The lowest BCUT2D eigenvalue weighted by Gasteiger charge is -2.11. The van der Waals surface area contributed by atoms with Crippen LogP contribution in [0.3, 0.4) is 0 Å². The van der Waals surface area contributed by atoms with Crippen molar-refractivity contribution in [2.75, 3.05) is 11.9 Å². The molecule has 5 heteroatoms. The molecule has 2 aromatic carbocycles. The first-order chi connectivity index (χ1) is 12.1. The lowest BCUT2D eigenvalue weighted by atomic mass is 10.1. The first-order valence-electron chi connectivity index (χ1n) is 8.38. The maximum atomic E-state index is 13.0. The summed E-state index contributed by atoms with van der Waals surface area (Å²) in [7, 11) is 0. The molecular weight excluding hydrogens is 380 g/mol. The van der Waals surface area contributed by atoms with Crippen molar-refractivity contribution in [3.8, 4) is 5.75 Å². The number of hydrogen-bond acceptors (Lipinski definition) is 2. The Kier molecular flexibility index (Phi) is 5.13. The molecule has 4 nitrogen and oxygen atoms in total. The van der Waals surface area contributed by atoms with E-state index < -0.39 is 0 Å². The maximum absolute atomic E-state index is 13.0. The van der Waals surface area contributed by atoms with Gasteiger partial charge in [0.05, 0.1) is 12.3 Å².